The molecule has 0 aliphatic carbocycles. The lowest BCUT2D eigenvalue weighted by Crippen LogP contribution is -2.02. The summed E-state index contributed by atoms with van der Waals surface area (Å²) >= 11 is 0. The molecule has 6 heteroatoms. The van der Waals surface area contributed by atoms with Gasteiger partial charge in [-0.15, -0.1) is 0 Å². The first-order valence-corrected chi connectivity index (χ1v) is 15.6. The Kier molecular flexibility index (Phi) is 7.04. The molecule has 0 radical (unpaired) electrons. The number of nitrogens with zero attached hydrogens (tertiary/aromatic N) is 4. The number of hydrogen-bond donors (Lipinski definition) is 0. The fraction of sp³-hybridized carbons (Fsp3) is 0.200. The number of halogens is 1. The van der Waals surface area contributed by atoms with Gasteiger partial charge in [-0.2, -0.15) is 5.10 Å². The van der Waals surface area contributed by atoms with E-state index in [-0.39, 0.29) is 5.82 Å². The number of rotatable bonds is 5. The fourth-order valence-electron chi connectivity index (χ4n) is 6.95. The van der Waals surface area contributed by atoms with Gasteiger partial charge < -0.3 is 4.74 Å². The van der Waals surface area contributed by atoms with Crippen LogP contribution in [0.5, 0.6) is 11.5 Å². The van der Waals surface area contributed by atoms with Crippen LogP contribution in [0.25, 0.3) is 44.4 Å². The largest absolute Gasteiger partial charge is 0.457 e. The first-order chi connectivity index (χ1) is 22.0. The Bertz CT molecular complexity index is 2310. The van der Waals surface area contributed by atoms with Gasteiger partial charge in [0.15, 0.2) is 0 Å². The molecule has 0 saturated carbocycles. The first kappa shape index (κ1) is 29.5. The molecule has 3 aromatic heterocycles. The van der Waals surface area contributed by atoms with Crippen molar-refractivity contribution in [3.8, 4) is 34.1 Å². The molecule has 0 spiro atoms. The van der Waals surface area contributed by atoms with E-state index in [0.717, 1.165) is 44.4 Å². The molecule has 0 atom stereocenters. The van der Waals surface area contributed by atoms with Crippen molar-refractivity contribution in [1.29, 1.82) is 0 Å². The Morgan fingerprint density at radius 1 is 0.630 bits per heavy atom. The maximum absolute atomic E-state index is 14.3. The van der Waals surface area contributed by atoms with E-state index in [1.54, 1.807) is 0 Å². The number of hydrogen-bond acceptors (Lipinski definition) is 3. The smallest absolute Gasteiger partial charge is 0.140 e. The molecule has 4 aromatic carbocycles. The summed E-state index contributed by atoms with van der Waals surface area (Å²) in [7, 11) is 0. The predicted molar refractivity (Wildman–Crippen MR) is 186 cm³/mol. The second kappa shape index (κ2) is 11.0. The topological polar surface area (TPSA) is 44.9 Å². The Balaban J connectivity index is 1.32. The van der Waals surface area contributed by atoms with E-state index in [0.29, 0.717) is 17.3 Å². The standard InChI is InChI=1S/C40H37FN4O/c1-22-17-31(45-29(8)40(28(7)43-45)39-26(5)24(3)23(2)25(4)27(39)6)20-33(18-22)46-32-13-14-35-34-11-9-10-12-36(34)44(37(35)21-32)38-19-30(41)15-16-42-38/h9-21H,1-8H3. The summed E-state index contributed by atoms with van der Waals surface area (Å²) in [6.45, 7) is 17.4. The van der Waals surface area contributed by atoms with Gasteiger partial charge in [-0.1, -0.05) is 18.2 Å². The van der Waals surface area contributed by atoms with Gasteiger partial charge in [-0.3, -0.25) is 4.57 Å². The van der Waals surface area contributed by atoms with Crippen molar-refractivity contribution < 1.29 is 9.13 Å². The number of pyridine rings is 1. The summed E-state index contributed by atoms with van der Waals surface area (Å²) in [6.07, 6.45) is 1.49. The zero-order valence-electron chi connectivity index (χ0n) is 27.6. The molecule has 0 bridgehead atoms. The summed E-state index contributed by atoms with van der Waals surface area (Å²) in [4.78, 5) is 4.49. The summed E-state index contributed by atoms with van der Waals surface area (Å²) in [5.74, 6) is 1.58. The number of fused-ring (bicyclic) bond motifs is 3. The molecule has 0 unspecified atom stereocenters. The number of ether oxygens (including phenoxy) is 1. The third-order valence-electron chi connectivity index (χ3n) is 9.64. The van der Waals surface area contributed by atoms with Crippen LogP contribution >= 0.6 is 0 Å². The van der Waals surface area contributed by atoms with E-state index in [9.17, 15) is 4.39 Å². The van der Waals surface area contributed by atoms with Crippen LogP contribution in [0.15, 0.2) is 79.0 Å². The Morgan fingerprint density at radius 3 is 2.07 bits per heavy atom. The number of aromatic nitrogens is 4. The second-order valence-corrected chi connectivity index (χ2v) is 12.4. The molecule has 5 nitrogen and oxygen atoms in total. The van der Waals surface area contributed by atoms with Crippen molar-refractivity contribution in [2.45, 2.75) is 55.4 Å². The summed E-state index contributed by atoms with van der Waals surface area (Å²) < 4.78 is 24.9. The van der Waals surface area contributed by atoms with Gasteiger partial charge in [-0.05, 0) is 131 Å². The molecule has 0 aliphatic rings. The number of aryl methyl sites for hydroxylation is 2. The Labute approximate surface area is 268 Å². The molecule has 0 aliphatic heterocycles. The van der Waals surface area contributed by atoms with Gasteiger partial charge in [0.1, 0.15) is 23.1 Å². The molecule has 7 aromatic rings. The highest BCUT2D eigenvalue weighted by Crippen LogP contribution is 2.39. The van der Waals surface area contributed by atoms with Crippen LogP contribution in [0, 0.1) is 61.2 Å². The average Bonchev–Trinajstić information content (AvgIpc) is 3.52. The molecule has 46 heavy (non-hydrogen) atoms. The zero-order valence-corrected chi connectivity index (χ0v) is 27.6. The summed E-state index contributed by atoms with van der Waals surface area (Å²) in [6, 6.07) is 23.2. The van der Waals surface area contributed by atoms with Crippen LogP contribution in [0.3, 0.4) is 0 Å². The second-order valence-electron chi connectivity index (χ2n) is 12.4. The van der Waals surface area contributed by atoms with Crippen molar-refractivity contribution in [2.75, 3.05) is 0 Å². The Morgan fingerprint density at radius 2 is 1.33 bits per heavy atom. The van der Waals surface area contributed by atoms with E-state index < -0.39 is 0 Å². The SMILES string of the molecule is Cc1cc(Oc2ccc3c4ccccc4n(-c4cc(F)ccn4)c3c2)cc(-n2nc(C)c(-c3c(C)c(C)c(C)c(C)c3C)c2C)c1. The maximum atomic E-state index is 14.3. The molecular weight excluding hydrogens is 571 g/mol. The molecule has 0 fully saturated rings. The van der Waals surface area contributed by atoms with E-state index in [2.05, 4.69) is 78.6 Å². The monoisotopic (exact) mass is 608 g/mol. The highest BCUT2D eigenvalue weighted by molar-refractivity contribution is 6.09. The van der Waals surface area contributed by atoms with Gasteiger partial charge >= 0.3 is 0 Å². The molecular formula is C40H37FN4O. The summed E-state index contributed by atoms with van der Waals surface area (Å²) in [5, 5.41) is 7.16. The normalized spacial score (nSPS) is 11.6. The zero-order chi connectivity index (χ0) is 32.4. The fourth-order valence-corrected chi connectivity index (χ4v) is 6.95. The Hall–Kier alpha value is -5.23. The van der Waals surface area contributed by atoms with Crippen LogP contribution in [-0.2, 0) is 0 Å². The van der Waals surface area contributed by atoms with Crippen LogP contribution in [-0.4, -0.2) is 19.3 Å². The number of benzene rings is 4. The van der Waals surface area contributed by atoms with Crippen molar-refractivity contribution in [3.63, 3.8) is 0 Å². The predicted octanol–water partition coefficient (Wildman–Crippen LogP) is 10.4. The lowest BCUT2D eigenvalue weighted by atomic mass is 9.85. The molecule has 0 N–H and O–H groups in total. The van der Waals surface area contributed by atoms with Gasteiger partial charge in [-0.25, -0.2) is 14.1 Å². The first-order valence-electron chi connectivity index (χ1n) is 15.6. The van der Waals surface area contributed by atoms with Crippen LogP contribution < -0.4 is 4.74 Å². The van der Waals surface area contributed by atoms with E-state index >= 15 is 0 Å². The van der Waals surface area contributed by atoms with Gasteiger partial charge in [0, 0.05) is 46.4 Å². The molecule has 230 valence electrons. The van der Waals surface area contributed by atoms with Crippen LogP contribution in [0.2, 0.25) is 0 Å². The highest BCUT2D eigenvalue weighted by Gasteiger charge is 2.22. The molecule has 7 rings (SSSR count). The van der Waals surface area contributed by atoms with Gasteiger partial charge in [0.2, 0.25) is 0 Å². The average molecular weight is 609 g/mol. The van der Waals surface area contributed by atoms with Crippen molar-refractivity contribution in [2.24, 2.45) is 0 Å². The van der Waals surface area contributed by atoms with E-state index in [4.69, 9.17) is 9.84 Å². The van der Waals surface area contributed by atoms with Crippen molar-refractivity contribution in [1.82, 2.24) is 19.3 Å². The van der Waals surface area contributed by atoms with E-state index in [1.807, 2.05) is 51.7 Å². The van der Waals surface area contributed by atoms with Crippen molar-refractivity contribution >= 4 is 21.8 Å². The minimum absolute atomic E-state index is 0.332. The van der Waals surface area contributed by atoms with E-state index in [1.165, 1.54) is 57.3 Å². The van der Waals surface area contributed by atoms with Crippen LogP contribution in [0.1, 0.15) is 44.8 Å². The quantitative estimate of drug-likeness (QED) is 0.195. The van der Waals surface area contributed by atoms with Crippen LogP contribution in [0.4, 0.5) is 4.39 Å². The van der Waals surface area contributed by atoms with Gasteiger partial charge in [0.05, 0.1) is 22.4 Å². The highest BCUT2D eigenvalue weighted by atomic mass is 19.1. The maximum Gasteiger partial charge on any atom is 0.140 e. The lowest BCUT2D eigenvalue weighted by Gasteiger charge is -2.19. The van der Waals surface area contributed by atoms with Gasteiger partial charge in [0.25, 0.3) is 0 Å². The third-order valence-corrected chi connectivity index (χ3v) is 9.64. The van der Waals surface area contributed by atoms with Crippen molar-refractivity contribution in [3.05, 3.63) is 130 Å². The minimum atomic E-state index is -0.332. The molecule has 3 heterocycles. The number of para-hydroxylation sites is 1. The molecule has 0 saturated heterocycles. The lowest BCUT2D eigenvalue weighted by molar-refractivity contribution is 0.482. The minimum Gasteiger partial charge on any atom is -0.457 e. The summed E-state index contributed by atoms with van der Waals surface area (Å²) in [5.41, 5.74) is 15.0. The third kappa shape index (κ3) is 4.67. The molecule has 0 amide bonds.